The Bertz CT molecular complexity index is 748. The van der Waals surface area contributed by atoms with Gasteiger partial charge in [-0.1, -0.05) is 5.21 Å². The third-order valence-electron chi connectivity index (χ3n) is 2.66. The molecule has 0 bridgehead atoms. The van der Waals surface area contributed by atoms with Gasteiger partial charge in [-0.05, 0) is 19.1 Å². The molecule has 1 amide bonds. The van der Waals surface area contributed by atoms with Gasteiger partial charge in [0.15, 0.2) is 23.3 Å². The summed E-state index contributed by atoms with van der Waals surface area (Å²) in [7, 11) is 0. The summed E-state index contributed by atoms with van der Waals surface area (Å²) in [5, 5.41) is 9.27. The lowest BCUT2D eigenvalue weighted by Gasteiger charge is -2.04. The molecule has 2 aromatic rings. The number of carbonyl (C=O) groups is 2. The van der Waals surface area contributed by atoms with Crippen LogP contribution in [0, 0.1) is 17.5 Å². The molecule has 0 saturated carbocycles. The van der Waals surface area contributed by atoms with E-state index in [-0.39, 0.29) is 19.0 Å². The Morgan fingerprint density at radius 2 is 2.00 bits per heavy atom. The summed E-state index contributed by atoms with van der Waals surface area (Å²) in [5.41, 5.74) is -0.691. The Labute approximate surface area is 128 Å². The molecule has 2 rings (SSSR count). The first-order valence-electron chi connectivity index (χ1n) is 6.43. The van der Waals surface area contributed by atoms with Crippen LogP contribution in [0.5, 0.6) is 0 Å². The fourth-order valence-corrected chi connectivity index (χ4v) is 1.66. The molecule has 0 spiro atoms. The first-order valence-corrected chi connectivity index (χ1v) is 6.43. The van der Waals surface area contributed by atoms with Gasteiger partial charge in [-0.15, -0.1) is 5.10 Å². The zero-order valence-electron chi connectivity index (χ0n) is 11.8. The van der Waals surface area contributed by atoms with Gasteiger partial charge in [0.1, 0.15) is 6.54 Å². The molecule has 0 atom stereocenters. The minimum atomic E-state index is -1.75. The zero-order chi connectivity index (χ0) is 17.0. The predicted octanol–water partition coefficient (Wildman–Crippen LogP) is 1.51. The quantitative estimate of drug-likeness (QED) is 0.664. The molecule has 1 aromatic heterocycles. The van der Waals surface area contributed by atoms with Crippen LogP contribution in [0.15, 0.2) is 18.3 Å². The van der Waals surface area contributed by atoms with E-state index in [1.807, 2.05) is 0 Å². The van der Waals surface area contributed by atoms with Gasteiger partial charge in [0.2, 0.25) is 0 Å². The molecule has 1 aromatic carbocycles. The number of carbonyl (C=O) groups excluding carboxylic acids is 2. The second kappa shape index (κ2) is 6.90. The van der Waals surface area contributed by atoms with Crippen molar-refractivity contribution in [2.24, 2.45) is 0 Å². The maximum Gasteiger partial charge on any atom is 0.327 e. The Hall–Kier alpha value is -2.91. The minimum Gasteiger partial charge on any atom is -0.465 e. The molecule has 23 heavy (non-hydrogen) atoms. The molecule has 0 unspecified atom stereocenters. The third kappa shape index (κ3) is 3.84. The summed E-state index contributed by atoms with van der Waals surface area (Å²) in [5.74, 6) is -6.44. The summed E-state index contributed by atoms with van der Waals surface area (Å²) in [6, 6.07) is 1.43. The first kappa shape index (κ1) is 16.5. The topological polar surface area (TPSA) is 86.1 Å². The Morgan fingerprint density at radius 3 is 2.70 bits per heavy atom. The number of hydrogen-bond acceptors (Lipinski definition) is 5. The van der Waals surface area contributed by atoms with Crippen molar-refractivity contribution in [3.05, 3.63) is 41.3 Å². The van der Waals surface area contributed by atoms with E-state index in [2.05, 4.69) is 15.6 Å². The van der Waals surface area contributed by atoms with Crippen molar-refractivity contribution >= 4 is 17.7 Å². The van der Waals surface area contributed by atoms with Crippen LogP contribution < -0.4 is 5.32 Å². The zero-order valence-corrected chi connectivity index (χ0v) is 11.8. The van der Waals surface area contributed by atoms with Crippen molar-refractivity contribution in [1.29, 1.82) is 0 Å². The summed E-state index contributed by atoms with van der Waals surface area (Å²) < 4.78 is 45.2. The fourth-order valence-electron chi connectivity index (χ4n) is 1.66. The van der Waals surface area contributed by atoms with Gasteiger partial charge in [-0.3, -0.25) is 9.59 Å². The number of amides is 1. The number of ether oxygens (including phenoxy) is 1. The van der Waals surface area contributed by atoms with Gasteiger partial charge in [-0.2, -0.15) is 0 Å². The van der Waals surface area contributed by atoms with Gasteiger partial charge >= 0.3 is 5.97 Å². The summed E-state index contributed by atoms with van der Waals surface area (Å²) in [4.78, 5) is 23.1. The first-order chi connectivity index (χ1) is 10.9. The normalized spacial score (nSPS) is 10.4. The molecular formula is C13H11F3N4O3. The molecule has 0 aliphatic rings. The number of nitrogens with one attached hydrogen (secondary N) is 1. The summed E-state index contributed by atoms with van der Waals surface area (Å²) >= 11 is 0. The van der Waals surface area contributed by atoms with Crippen molar-refractivity contribution in [3.63, 3.8) is 0 Å². The van der Waals surface area contributed by atoms with Crippen LogP contribution in [0.4, 0.5) is 19.0 Å². The van der Waals surface area contributed by atoms with Gasteiger partial charge in [0, 0.05) is 0 Å². The third-order valence-corrected chi connectivity index (χ3v) is 2.66. The molecule has 0 fully saturated rings. The number of aromatic nitrogens is 3. The lowest BCUT2D eigenvalue weighted by atomic mass is 10.2. The molecule has 7 nitrogen and oxygen atoms in total. The van der Waals surface area contributed by atoms with Crippen molar-refractivity contribution < 1.29 is 27.5 Å². The lowest BCUT2D eigenvalue weighted by Crippen LogP contribution is -2.15. The highest BCUT2D eigenvalue weighted by molar-refractivity contribution is 6.03. The highest BCUT2D eigenvalue weighted by Gasteiger charge is 2.19. The maximum absolute atomic E-state index is 13.5. The average Bonchev–Trinajstić information content (AvgIpc) is 2.92. The smallest absolute Gasteiger partial charge is 0.327 e. The Morgan fingerprint density at radius 1 is 1.26 bits per heavy atom. The van der Waals surface area contributed by atoms with Crippen LogP contribution in [0.3, 0.4) is 0 Å². The fraction of sp³-hybridized carbons (Fsp3) is 0.231. The predicted molar refractivity (Wildman–Crippen MR) is 70.9 cm³/mol. The second-order valence-corrected chi connectivity index (χ2v) is 4.28. The standard InChI is InChI=1S/C13H11F3N4O3/c1-2-23-10(21)6-20-5-9(18-19-20)17-13(22)7-3-4-8(14)12(16)11(7)15/h3-5H,2,6H2,1H3,(H,17,22). The van der Waals surface area contributed by atoms with Gasteiger partial charge < -0.3 is 10.1 Å². The van der Waals surface area contributed by atoms with E-state index in [9.17, 15) is 22.8 Å². The van der Waals surface area contributed by atoms with E-state index in [1.54, 1.807) is 6.92 Å². The molecule has 122 valence electrons. The van der Waals surface area contributed by atoms with Gasteiger partial charge in [0.25, 0.3) is 5.91 Å². The number of hydrogen-bond donors (Lipinski definition) is 1. The summed E-state index contributed by atoms with van der Waals surface area (Å²) in [6.07, 6.45) is 1.20. The highest BCUT2D eigenvalue weighted by atomic mass is 19.2. The van der Waals surface area contributed by atoms with Crippen LogP contribution in [-0.4, -0.2) is 33.5 Å². The van der Waals surface area contributed by atoms with E-state index in [0.29, 0.717) is 6.07 Å². The minimum absolute atomic E-state index is 0.0940. The van der Waals surface area contributed by atoms with Gasteiger partial charge in [-0.25, -0.2) is 17.9 Å². The molecular weight excluding hydrogens is 317 g/mol. The number of rotatable bonds is 5. The molecule has 0 aliphatic carbocycles. The van der Waals surface area contributed by atoms with Crippen LogP contribution in [0.2, 0.25) is 0 Å². The number of halogens is 3. The number of nitrogens with zero attached hydrogens (tertiary/aromatic N) is 3. The highest BCUT2D eigenvalue weighted by Crippen LogP contribution is 2.16. The molecule has 10 heteroatoms. The van der Waals surface area contributed by atoms with E-state index < -0.39 is 34.9 Å². The SMILES string of the molecule is CCOC(=O)Cn1cc(NC(=O)c2ccc(F)c(F)c2F)nn1. The van der Waals surface area contributed by atoms with Crippen LogP contribution >= 0.6 is 0 Å². The second-order valence-electron chi connectivity index (χ2n) is 4.28. The van der Waals surface area contributed by atoms with Crippen molar-refractivity contribution in [1.82, 2.24) is 15.0 Å². The monoisotopic (exact) mass is 328 g/mol. The molecule has 1 N–H and O–H groups in total. The van der Waals surface area contributed by atoms with E-state index >= 15 is 0 Å². The van der Waals surface area contributed by atoms with Gasteiger partial charge in [0.05, 0.1) is 18.4 Å². The van der Waals surface area contributed by atoms with Crippen LogP contribution in [0.1, 0.15) is 17.3 Å². The summed E-state index contributed by atoms with van der Waals surface area (Å²) in [6.45, 7) is 1.62. The van der Waals surface area contributed by atoms with E-state index in [4.69, 9.17) is 4.74 Å². The number of esters is 1. The number of benzene rings is 1. The van der Waals surface area contributed by atoms with Crippen molar-refractivity contribution in [3.8, 4) is 0 Å². The van der Waals surface area contributed by atoms with Crippen molar-refractivity contribution in [2.45, 2.75) is 13.5 Å². The van der Waals surface area contributed by atoms with E-state index in [1.165, 1.54) is 6.20 Å². The lowest BCUT2D eigenvalue weighted by molar-refractivity contribution is -0.144. The largest absolute Gasteiger partial charge is 0.465 e. The average molecular weight is 328 g/mol. The molecule has 1 heterocycles. The molecule has 0 saturated heterocycles. The molecule has 0 radical (unpaired) electrons. The Balaban J connectivity index is 2.08. The van der Waals surface area contributed by atoms with Crippen LogP contribution in [0.25, 0.3) is 0 Å². The molecule has 0 aliphatic heterocycles. The Kier molecular flexibility index (Phi) is 4.94. The van der Waals surface area contributed by atoms with Crippen LogP contribution in [-0.2, 0) is 16.1 Å². The van der Waals surface area contributed by atoms with Crippen molar-refractivity contribution in [2.75, 3.05) is 11.9 Å². The number of anilines is 1. The maximum atomic E-state index is 13.5. The van der Waals surface area contributed by atoms with E-state index in [0.717, 1.165) is 10.7 Å².